The number of hydrogen-bond donors (Lipinski definition) is 1. The molecule has 3 aromatic carbocycles. The van der Waals surface area contributed by atoms with E-state index in [1.54, 1.807) is 48.5 Å². The molecule has 168 valence electrons. The van der Waals surface area contributed by atoms with E-state index in [2.05, 4.69) is 0 Å². The van der Waals surface area contributed by atoms with Crippen molar-refractivity contribution in [2.45, 2.75) is 19.4 Å². The first kappa shape index (κ1) is 22.1. The van der Waals surface area contributed by atoms with Crippen molar-refractivity contribution in [3.05, 3.63) is 95.6 Å². The number of nitrogens with zero attached hydrogens (tertiary/aromatic N) is 1. The predicted octanol–water partition coefficient (Wildman–Crippen LogP) is 5.11. The molecule has 6 heteroatoms. The zero-order valence-electron chi connectivity index (χ0n) is 18.5. The molecule has 1 saturated heterocycles. The number of methoxy groups -OCH3 is 1. The lowest BCUT2D eigenvalue weighted by Crippen LogP contribution is -2.29. The van der Waals surface area contributed by atoms with Gasteiger partial charge in [-0.05, 0) is 36.2 Å². The molecule has 33 heavy (non-hydrogen) atoms. The van der Waals surface area contributed by atoms with Crippen molar-refractivity contribution in [3.63, 3.8) is 0 Å². The number of hydrogen-bond acceptors (Lipinski definition) is 5. The first-order valence-corrected chi connectivity index (χ1v) is 10.8. The number of amides is 1. The Bertz CT molecular complexity index is 1200. The second kappa shape index (κ2) is 9.61. The molecule has 1 unspecified atom stereocenters. The van der Waals surface area contributed by atoms with E-state index in [0.29, 0.717) is 34.9 Å². The SMILES string of the molecule is CCCOc1cccc(/C(O)=C2/C(=O)C(=O)N(c3ccccc3OC)C2c2ccccc2)c1. The first-order chi connectivity index (χ1) is 16.1. The van der Waals surface area contributed by atoms with E-state index < -0.39 is 17.7 Å². The second-order valence-electron chi connectivity index (χ2n) is 7.63. The van der Waals surface area contributed by atoms with Crippen LogP contribution < -0.4 is 14.4 Å². The maximum atomic E-state index is 13.3. The lowest BCUT2D eigenvalue weighted by Gasteiger charge is -2.26. The maximum absolute atomic E-state index is 13.3. The van der Waals surface area contributed by atoms with Crippen LogP contribution in [0.3, 0.4) is 0 Å². The second-order valence-corrected chi connectivity index (χ2v) is 7.63. The van der Waals surface area contributed by atoms with Gasteiger partial charge in [0.25, 0.3) is 11.7 Å². The number of carbonyl (C=O) groups excluding carboxylic acids is 2. The summed E-state index contributed by atoms with van der Waals surface area (Å²) in [5, 5.41) is 11.3. The van der Waals surface area contributed by atoms with Crippen LogP contribution in [-0.2, 0) is 9.59 Å². The molecule has 3 aromatic rings. The number of anilines is 1. The molecular formula is C27H25NO5. The largest absolute Gasteiger partial charge is 0.507 e. The normalized spacial score (nSPS) is 17.3. The molecule has 0 spiro atoms. The van der Waals surface area contributed by atoms with Gasteiger partial charge in [0.05, 0.1) is 31.0 Å². The van der Waals surface area contributed by atoms with E-state index in [1.807, 2.05) is 37.3 Å². The lowest BCUT2D eigenvalue weighted by atomic mass is 9.95. The number of carbonyl (C=O) groups is 2. The van der Waals surface area contributed by atoms with Crippen LogP contribution in [0.5, 0.6) is 11.5 Å². The molecular weight excluding hydrogens is 418 g/mol. The highest BCUT2D eigenvalue weighted by atomic mass is 16.5. The summed E-state index contributed by atoms with van der Waals surface area (Å²) in [5.41, 5.74) is 1.57. The van der Waals surface area contributed by atoms with Gasteiger partial charge in [0.2, 0.25) is 0 Å². The summed E-state index contributed by atoms with van der Waals surface area (Å²) in [4.78, 5) is 27.9. The molecule has 1 atom stereocenters. The number of aliphatic hydroxyl groups excluding tert-OH is 1. The van der Waals surface area contributed by atoms with E-state index in [0.717, 1.165) is 6.42 Å². The first-order valence-electron chi connectivity index (χ1n) is 10.8. The van der Waals surface area contributed by atoms with Gasteiger partial charge in [-0.1, -0.05) is 61.5 Å². The van der Waals surface area contributed by atoms with Gasteiger partial charge >= 0.3 is 0 Å². The zero-order chi connectivity index (χ0) is 23.4. The smallest absolute Gasteiger partial charge is 0.300 e. The number of para-hydroxylation sites is 2. The van der Waals surface area contributed by atoms with Crippen molar-refractivity contribution < 1.29 is 24.2 Å². The van der Waals surface area contributed by atoms with Crippen LogP contribution in [0, 0.1) is 0 Å². The van der Waals surface area contributed by atoms with Gasteiger partial charge in [-0.3, -0.25) is 14.5 Å². The molecule has 6 nitrogen and oxygen atoms in total. The minimum absolute atomic E-state index is 0.0183. The molecule has 1 N–H and O–H groups in total. The van der Waals surface area contributed by atoms with Crippen molar-refractivity contribution >= 4 is 23.1 Å². The zero-order valence-corrected chi connectivity index (χ0v) is 18.5. The molecule has 0 saturated carbocycles. The Morgan fingerprint density at radius 2 is 1.70 bits per heavy atom. The Morgan fingerprint density at radius 1 is 0.970 bits per heavy atom. The highest BCUT2D eigenvalue weighted by molar-refractivity contribution is 6.51. The summed E-state index contributed by atoms with van der Waals surface area (Å²) < 4.78 is 11.1. The number of benzene rings is 3. The van der Waals surface area contributed by atoms with E-state index in [1.165, 1.54) is 12.0 Å². The number of rotatable bonds is 7. The summed E-state index contributed by atoms with van der Waals surface area (Å²) in [6.07, 6.45) is 0.842. The Hall–Kier alpha value is -4.06. The van der Waals surface area contributed by atoms with Crippen LogP contribution in [0.2, 0.25) is 0 Å². The van der Waals surface area contributed by atoms with Crippen molar-refractivity contribution in [1.29, 1.82) is 0 Å². The average Bonchev–Trinajstić information content (AvgIpc) is 3.13. The summed E-state index contributed by atoms with van der Waals surface area (Å²) in [6, 6.07) is 22.2. The van der Waals surface area contributed by atoms with E-state index >= 15 is 0 Å². The monoisotopic (exact) mass is 443 g/mol. The van der Waals surface area contributed by atoms with Crippen molar-refractivity contribution in [2.24, 2.45) is 0 Å². The van der Waals surface area contributed by atoms with Crippen LogP contribution in [-0.4, -0.2) is 30.5 Å². The Morgan fingerprint density at radius 3 is 2.42 bits per heavy atom. The topological polar surface area (TPSA) is 76.1 Å². The molecule has 0 aliphatic carbocycles. The minimum atomic E-state index is -0.817. The van der Waals surface area contributed by atoms with E-state index in [9.17, 15) is 14.7 Å². The predicted molar refractivity (Wildman–Crippen MR) is 126 cm³/mol. The average molecular weight is 443 g/mol. The third-order valence-electron chi connectivity index (χ3n) is 5.48. The van der Waals surface area contributed by atoms with Crippen molar-refractivity contribution in [2.75, 3.05) is 18.6 Å². The third kappa shape index (κ3) is 4.20. The van der Waals surface area contributed by atoms with Gasteiger partial charge in [0.1, 0.15) is 17.3 Å². The van der Waals surface area contributed by atoms with E-state index in [4.69, 9.17) is 9.47 Å². The minimum Gasteiger partial charge on any atom is -0.507 e. The summed E-state index contributed by atoms with van der Waals surface area (Å²) >= 11 is 0. The van der Waals surface area contributed by atoms with Crippen LogP contribution in [0.4, 0.5) is 5.69 Å². The quantitative estimate of drug-likeness (QED) is 0.312. The Kier molecular flexibility index (Phi) is 6.45. The molecule has 1 amide bonds. The summed E-state index contributed by atoms with van der Waals surface area (Å²) in [7, 11) is 1.51. The van der Waals surface area contributed by atoms with Crippen molar-refractivity contribution in [3.8, 4) is 11.5 Å². The van der Waals surface area contributed by atoms with Gasteiger partial charge in [0.15, 0.2) is 0 Å². The summed E-state index contributed by atoms with van der Waals surface area (Å²) in [6.45, 7) is 2.54. The highest BCUT2D eigenvalue weighted by Gasteiger charge is 2.47. The molecule has 1 fully saturated rings. The van der Waals surface area contributed by atoms with Crippen LogP contribution >= 0.6 is 0 Å². The number of ketones is 1. The molecule has 1 aliphatic rings. The molecule has 1 aliphatic heterocycles. The summed E-state index contributed by atoms with van der Waals surface area (Å²) in [5.74, 6) is -0.701. The number of Topliss-reactive ketones (excluding diaryl/α,β-unsaturated/α-hetero) is 1. The highest BCUT2D eigenvalue weighted by Crippen LogP contribution is 2.44. The fraction of sp³-hybridized carbons (Fsp3) is 0.185. The molecule has 0 radical (unpaired) electrons. The van der Waals surface area contributed by atoms with Crippen LogP contribution in [0.15, 0.2) is 84.4 Å². The number of ether oxygens (including phenoxy) is 2. The lowest BCUT2D eigenvalue weighted by molar-refractivity contribution is -0.132. The maximum Gasteiger partial charge on any atom is 0.300 e. The molecule has 0 bridgehead atoms. The number of aliphatic hydroxyl groups is 1. The third-order valence-corrected chi connectivity index (χ3v) is 5.48. The fourth-order valence-electron chi connectivity index (χ4n) is 3.97. The van der Waals surface area contributed by atoms with Gasteiger partial charge in [-0.2, -0.15) is 0 Å². The van der Waals surface area contributed by atoms with Gasteiger partial charge in [-0.25, -0.2) is 0 Å². The van der Waals surface area contributed by atoms with Crippen LogP contribution in [0.1, 0.15) is 30.5 Å². The molecule has 0 aromatic heterocycles. The van der Waals surface area contributed by atoms with E-state index in [-0.39, 0.29) is 11.3 Å². The Balaban J connectivity index is 1.90. The van der Waals surface area contributed by atoms with Crippen LogP contribution in [0.25, 0.3) is 5.76 Å². The van der Waals surface area contributed by atoms with Crippen molar-refractivity contribution in [1.82, 2.24) is 0 Å². The van der Waals surface area contributed by atoms with Gasteiger partial charge in [0, 0.05) is 5.56 Å². The van der Waals surface area contributed by atoms with Gasteiger partial charge < -0.3 is 14.6 Å². The molecule has 1 heterocycles. The van der Waals surface area contributed by atoms with Gasteiger partial charge in [-0.15, -0.1) is 0 Å². The standard InChI is InChI=1S/C27H25NO5/c1-3-16-33-20-13-9-12-19(17-20)25(29)23-24(18-10-5-4-6-11-18)28(27(31)26(23)30)21-14-7-8-15-22(21)32-2/h4-15,17,24,29H,3,16H2,1-2H3/b25-23-. The molecule has 4 rings (SSSR count). The fourth-order valence-corrected chi connectivity index (χ4v) is 3.97. The Labute approximate surface area is 192 Å².